The number of halogens is 3. The van der Waals surface area contributed by atoms with E-state index in [2.05, 4.69) is 20.9 Å². The lowest BCUT2D eigenvalue weighted by Gasteiger charge is -2.05. The van der Waals surface area contributed by atoms with Crippen LogP contribution in [0.2, 0.25) is 5.02 Å². The number of rotatable bonds is 3. The van der Waals surface area contributed by atoms with Crippen LogP contribution in [0, 0.1) is 10.6 Å². The second kappa shape index (κ2) is 5.91. The molecule has 0 fully saturated rings. The molecule has 2 aromatic carbocycles. The molecular formula is C15H11BrClFN2S. The number of benzene rings is 2. The molecule has 0 saturated carbocycles. The number of imidazole rings is 1. The number of nitrogens with one attached hydrogen (secondary N) is 1. The minimum atomic E-state index is -0.295. The standard InChI is InChI=1S/C15H11BrClFN2S/c16-11-7-13-14(8-12(11)18)20(15(21)19-13)6-5-9-1-3-10(17)4-2-9/h1-4,7-8H,5-6H2,(H,19,21). The van der Waals surface area contributed by atoms with Gasteiger partial charge in [0.15, 0.2) is 4.77 Å². The van der Waals surface area contributed by atoms with Crippen LogP contribution in [0.25, 0.3) is 11.0 Å². The van der Waals surface area contributed by atoms with E-state index in [0.29, 0.717) is 15.8 Å². The summed E-state index contributed by atoms with van der Waals surface area (Å²) in [6, 6.07) is 10.9. The monoisotopic (exact) mass is 384 g/mol. The van der Waals surface area contributed by atoms with Gasteiger partial charge < -0.3 is 9.55 Å². The van der Waals surface area contributed by atoms with Gasteiger partial charge in [0.1, 0.15) is 5.82 Å². The summed E-state index contributed by atoms with van der Waals surface area (Å²) >= 11 is 14.4. The van der Waals surface area contributed by atoms with Crippen molar-refractivity contribution < 1.29 is 4.39 Å². The van der Waals surface area contributed by atoms with E-state index in [-0.39, 0.29) is 5.82 Å². The average molecular weight is 386 g/mol. The van der Waals surface area contributed by atoms with Crippen molar-refractivity contribution in [3.8, 4) is 0 Å². The Hall–Kier alpha value is -1.17. The fourth-order valence-corrected chi connectivity index (χ4v) is 3.03. The van der Waals surface area contributed by atoms with Crippen LogP contribution >= 0.6 is 39.7 Å². The molecule has 0 aliphatic carbocycles. The first-order valence-electron chi connectivity index (χ1n) is 6.36. The molecule has 3 rings (SSSR count). The van der Waals surface area contributed by atoms with E-state index in [9.17, 15) is 4.39 Å². The molecular weight excluding hydrogens is 375 g/mol. The number of aromatic amines is 1. The van der Waals surface area contributed by atoms with E-state index in [1.807, 2.05) is 28.8 Å². The maximum absolute atomic E-state index is 13.7. The molecule has 0 amide bonds. The van der Waals surface area contributed by atoms with Crippen LogP contribution in [0.4, 0.5) is 4.39 Å². The van der Waals surface area contributed by atoms with Crippen molar-refractivity contribution >= 4 is 50.8 Å². The lowest BCUT2D eigenvalue weighted by molar-refractivity contribution is 0.620. The molecule has 0 aliphatic heterocycles. The zero-order valence-electron chi connectivity index (χ0n) is 10.9. The quantitative estimate of drug-likeness (QED) is 0.591. The van der Waals surface area contributed by atoms with Crippen molar-refractivity contribution in [2.45, 2.75) is 13.0 Å². The molecule has 1 N–H and O–H groups in total. The van der Waals surface area contributed by atoms with Crippen molar-refractivity contribution in [3.05, 3.63) is 62.0 Å². The molecule has 3 aromatic rings. The number of nitrogens with zero attached hydrogens (tertiary/aromatic N) is 1. The Kier molecular flexibility index (Phi) is 4.15. The number of aromatic nitrogens is 2. The summed E-state index contributed by atoms with van der Waals surface area (Å²) in [6.07, 6.45) is 0.802. The van der Waals surface area contributed by atoms with E-state index in [4.69, 9.17) is 23.8 Å². The van der Waals surface area contributed by atoms with Crippen molar-refractivity contribution in [2.24, 2.45) is 0 Å². The summed E-state index contributed by atoms with van der Waals surface area (Å²) in [4.78, 5) is 3.10. The Labute approximate surface area is 139 Å². The second-order valence-corrected chi connectivity index (χ2v) is 6.42. The van der Waals surface area contributed by atoms with Gasteiger partial charge in [-0.15, -0.1) is 0 Å². The molecule has 0 radical (unpaired) electrons. The highest BCUT2D eigenvalue weighted by molar-refractivity contribution is 9.10. The first-order valence-corrected chi connectivity index (χ1v) is 7.94. The predicted octanol–water partition coefficient (Wildman–Crippen LogP) is 5.50. The van der Waals surface area contributed by atoms with E-state index in [1.54, 1.807) is 6.07 Å². The number of aryl methyl sites for hydroxylation is 2. The second-order valence-electron chi connectivity index (χ2n) is 4.74. The van der Waals surface area contributed by atoms with Crippen LogP contribution in [0.3, 0.4) is 0 Å². The summed E-state index contributed by atoms with van der Waals surface area (Å²) in [6.45, 7) is 0.682. The van der Waals surface area contributed by atoms with Gasteiger partial charge in [-0.1, -0.05) is 23.7 Å². The van der Waals surface area contributed by atoms with E-state index >= 15 is 0 Å². The normalized spacial score (nSPS) is 11.2. The fourth-order valence-electron chi connectivity index (χ4n) is 2.27. The Morgan fingerprint density at radius 1 is 1.24 bits per heavy atom. The summed E-state index contributed by atoms with van der Waals surface area (Å²) < 4.78 is 16.7. The van der Waals surface area contributed by atoms with Gasteiger partial charge in [0.25, 0.3) is 0 Å². The number of hydrogen-bond acceptors (Lipinski definition) is 1. The summed E-state index contributed by atoms with van der Waals surface area (Å²) in [5, 5.41) is 0.717. The Morgan fingerprint density at radius 3 is 2.67 bits per heavy atom. The molecule has 1 aromatic heterocycles. The Bertz CT molecular complexity index is 854. The molecule has 0 atom stereocenters. The molecule has 0 spiro atoms. The van der Waals surface area contributed by atoms with Gasteiger partial charge in [0.2, 0.25) is 0 Å². The number of fused-ring (bicyclic) bond motifs is 1. The molecule has 6 heteroatoms. The molecule has 21 heavy (non-hydrogen) atoms. The maximum Gasteiger partial charge on any atom is 0.178 e. The lowest BCUT2D eigenvalue weighted by Crippen LogP contribution is -2.01. The van der Waals surface area contributed by atoms with E-state index < -0.39 is 0 Å². The average Bonchev–Trinajstić information content (AvgIpc) is 2.74. The third kappa shape index (κ3) is 3.05. The van der Waals surface area contributed by atoms with Gasteiger partial charge in [-0.2, -0.15) is 0 Å². The highest BCUT2D eigenvalue weighted by Crippen LogP contribution is 2.23. The minimum Gasteiger partial charge on any atom is -0.331 e. The van der Waals surface area contributed by atoms with Crippen LogP contribution in [0.1, 0.15) is 5.56 Å². The van der Waals surface area contributed by atoms with Gasteiger partial charge in [-0.3, -0.25) is 0 Å². The van der Waals surface area contributed by atoms with Crippen LogP contribution in [0.5, 0.6) is 0 Å². The molecule has 0 bridgehead atoms. The van der Waals surface area contributed by atoms with Crippen LogP contribution in [-0.2, 0) is 13.0 Å². The fraction of sp³-hybridized carbons (Fsp3) is 0.133. The third-order valence-electron chi connectivity index (χ3n) is 3.35. The van der Waals surface area contributed by atoms with Crippen molar-refractivity contribution in [3.63, 3.8) is 0 Å². The summed E-state index contributed by atoms with van der Waals surface area (Å²) in [5.41, 5.74) is 2.76. The zero-order chi connectivity index (χ0) is 15.0. The zero-order valence-corrected chi connectivity index (χ0v) is 14.0. The summed E-state index contributed by atoms with van der Waals surface area (Å²) in [5.74, 6) is -0.295. The van der Waals surface area contributed by atoms with Gasteiger partial charge in [-0.25, -0.2) is 4.39 Å². The maximum atomic E-state index is 13.7. The first kappa shape index (κ1) is 14.8. The van der Waals surface area contributed by atoms with Crippen LogP contribution in [-0.4, -0.2) is 9.55 Å². The molecule has 0 saturated heterocycles. The Morgan fingerprint density at radius 2 is 1.95 bits per heavy atom. The van der Waals surface area contributed by atoms with Crippen molar-refractivity contribution in [1.29, 1.82) is 0 Å². The lowest BCUT2D eigenvalue weighted by atomic mass is 10.1. The largest absolute Gasteiger partial charge is 0.331 e. The van der Waals surface area contributed by atoms with Gasteiger partial charge in [0, 0.05) is 17.6 Å². The molecule has 1 heterocycles. The Balaban J connectivity index is 1.93. The SMILES string of the molecule is Fc1cc2c(cc1Br)[nH]c(=S)n2CCc1ccc(Cl)cc1. The minimum absolute atomic E-state index is 0.295. The highest BCUT2D eigenvalue weighted by Gasteiger charge is 2.09. The summed E-state index contributed by atoms with van der Waals surface area (Å²) in [7, 11) is 0. The number of hydrogen-bond donors (Lipinski definition) is 1. The van der Waals surface area contributed by atoms with E-state index in [1.165, 1.54) is 6.07 Å². The topological polar surface area (TPSA) is 20.7 Å². The van der Waals surface area contributed by atoms with Gasteiger partial charge in [-0.05, 0) is 58.3 Å². The predicted molar refractivity (Wildman–Crippen MR) is 89.9 cm³/mol. The van der Waals surface area contributed by atoms with Gasteiger partial charge >= 0.3 is 0 Å². The van der Waals surface area contributed by atoms with Crippen LogP contribution < -0.4 is 0 Å². The van der Waals surface area contributed by atoms with Crippen molar-refractivity contribution in [2.75, 3.05) is 0 Å². The smallest absolute Gasteiger partial charge is 0.178 e. The first-order chi connectivity index (χ1) is 10.0. The molecule has 108 valence electrons. The number of H-pyrrole nitrogens is 1. The molecule has 2 nitrogen and oxygen atoms in total. The third-order valence-corrected chi connectivity index (χ3v) is 4.54. The van der Waals surface area contributed by atoms with E-state index in [0.717, 1.165) is 28.0 Å². The van der Waals surface area contributed by atoms with Gasteiger partial charge in [0.05, 0.1) is 15.5 Å². The molecule has 0 unspecified atom stereocenters. The molecule has 0 aliphatic rings. The van der Waals surface area contributed by atoms with Crippen LogP contribution in [0.15, 0.2) is 40.9 Å². The highest BCUT2D eigenvalue weighted by atomic mass is 79.9. The van der Waals surface area contributed by atoms with Crippen molar-refractivity contribution in [1.82, 2.24) is 9.55 Å².